The number of rotatable bonds is 6. The Morgan fingerprint density at radius 3 is 2.79 bits per heavy atom. The molecule has 1 saturated heterocycles. The molecule has 0 radical (unpaired) electrons. The van der Waals surface area contributed by atoms with Gasteiger partial charge in [-0.25, -0.2) is 8.42 Å². The first-order valence-corrected chi connectivity index (χ1v) is 11.0. The van der Waals surface area contributed by atoms with E-state index in [1.807, 2.05) is 6.92 Å². The Balaban J connectivity index is 1.68. The number of benzene rings is 2. The van der Waals surface area contributed by atoms with E-state index >= 15 is 0 Å². The molecule has 4 rings (SSSR count). The fourth-order valence-electron chi connectivity index (χ4n) is 3.50. The number of anilines is 1. The maximum absolute atomic E-state index is 13.0. The van der Waals surface area contributed by atoms with Gasteiger partial charge in [0.2, 0.25) is 0 Å². The molecular weight excluding hydrogens is 392 g/mol. The summed E-state index contributed by atoms with van der Waals surface area (Å²) in [6.45, 7) is 3.56. The van der Waals surface area contributed by atoms with Gasteiger partial charge >= 0.3 is 0 Å². The molecule has 1 fully saturated rings. The molecule has 0 saturated carbocycles. The van der Waals surface area contributed by atoms with Crippen LogP contribution in [0.2, 0.25) is 0 Å². The van der Waals surface area contributed by atoms with E-state index in [-0.39, 0.29) is 16.7 Å². The Labute approximate surface area is 170 Å². The van der Waals surface area contributed by atoms with Gasteiger partial charge in [0, 0.05) is 18.0 Å². The fraction of sp³-hybridized carbons (Fsp3) is 0.333. The number of methoxy groups -OCH3 is 1. The fourth-order valence-corrected chi connectivity index (χ4v) is 4.79. The summed E-state index contributed by atoms with van der Waals surface area (Å²) in [6, 6.07) is 10.2. The molecule has 1 atom stereocenters. The highest BCUT2D eigenvalue weighted by Gasteiger charge is 2.22. The smallest absolute Gasteiger partial charge is 0.265 e. The highest BCUT2D eigenvalue weighted by atomic mass is 32.2. The molecule has 1 aliphatic rings. The summed E-state index contributed by atoms with van der Waals surface area (Å²) in [6.07, 6.45) is 3.55. The second-order valence-corrected chi connectivity index (χ2v) is 8.81. The molecule has 0 bridgehead atoms. The number of furan rings is 1. The van der Waals surface area contributed by atoms with Crippen LogP contribution in [0.5, 0.6) is 11.5 Å². The first-order chi connectivity index (χ1) is 14.0. The Kier molecular flexibility index (Phi) is 5.38. The minimum Gasteiger partial charge on any atom is -0.495 e. The number of aryl methyl sites for hydroxylation is 1. The third-order valence-electron chi connectivity index (χ3n) is 4.92. The van der Waals surface area contributed by atoms with Gasteiger partial charge in [-0.2, -0.15) is 0 Å². The van der Waals surface area contributed by atoms with Gasteiger partial charge < -0.3 is 19.2 Å². The summed E-state index contributed by atoms with van der Waals surface area (Å²) in [5.41, 5.74) is 1.83. The zero-order chi connectivity index (χ0) is 20.4. The van der Waals surface area contributed by atoms with Crippen LogP contribution >= 0.6 is 0 Å². The maximum Gasteiger partial charge on any atom is 0.265 e. The highest BCUT2D eigenvalue weighted by Crippen LogP contribution is 2.34. The van der Waals surface area contributed by atoms with E-state index in [0.717, 1.165) is 36.9 Å². The minimum atomic E-state index is -3.85. The minimum absolute atomic E-state index is 0.0146. The van der Waals surface area contributed by atoms with Crippen LogP contribution in [0.3, 0.4) is 0 Å². The van der Waals surface area contributed by atoms with Crippen LogP contribution in [0, 0.1) is 6.92 Å². The number of ether oxygens (including phenoxy) is 2. The lowest BCUT2D eigenvalue weighted by Gasteiger charge is -2.24. The van der Waals surface area contributed by atoms with Crippen molar-refractivity contribution in [3.05, 3.63) is 48.2 Å². The normalized spacial score (nSPS) is 17.2. The number of piperidine rings is 1. The van der Waals surface area contributed by atoms with Crippen molar-refractivity contribution in [3.63, 3.8) is 0 Å². The van der Waals surface area contributed by atoms with Gasteiger partial charge in [0.15, 0.2) is 11.3 Å². The molecule has 8 heteroatoms. The van der Waals surface area contributed by atoms with Gasteiger partial charge in [-0.3, -0.25) is 4.72 Å². The number of hydrogen-bond acceptors (Lipinski definition) is 6. The summed E-state index contributed by atoms with van der Waals surface area (Å²) in [5.74, 6) is 0.812. The van der Waals surface area contributed by atoms with E-state index in [4.69, 9.17) is 13.9 Å². The van der Waals surface area contributed by atoms with E-state index < -0.39 is 10.0 Å². The van der Waals surface area contributed by atoms with Crippen molar-refractivity contribution >= 4 is 26.7 Å². The van der Waals surface area contributed by atoms with E-state index in [1.54, 1.807) is 42.7 Å². The van der Waals surface area contributed by atoms with Crippen molar-refractivity contribution < 1.29 is 22.3 Å². The zero-order valence-electron chi connectivity index (χ0n) is 16.4. The van der Waals surface area contributed by atoms with Crippen molar-refractivity contribution in [2.24, 2.45) is 0 Å². The molecule has 7 nitrogen and oxygen atoms in total. The molecule has 2 aromatic carbocycles. The maximum atomic E-state index is 13.0. The molecule has 1 unspecified atom stereocenters. The van der Waals surface area contributed by atoms with Gasteiger partial charge in [0.1, 0.15) is 16.7 Å². The summed E-state index contributed by atoms with van der Waals surface area (Å²) in [4.78, 5) is 0.0891. The monoisotopic (exact) mass is 416 g/mol. The molecule has 0 spiro atoms. The molecule has 2 N–H and O–H groups in total. The lowest BCUT2D eigenvalue weighted by Crippen LogP contribution is -2.37. The molecule has 0 aliphatic carbocycles. The molecule has 1 aromatic heterocycles. The van der Waals surface area contributed by atoms with Crippen LogP contribution in [-0.4, -0.2) is 34.7 Å². The molecule has 29 heavy (non-hydrogen) atoms. The Bertz CT molecular complexity index is 1120. The van der Waals surface area contributed by atoms with Crippen LogP contribution in [0.1, 0.15) is 18.4 Å². The molecular formula is C21H24N2O5S. The van der Waals surface area contributed by atoms with Crippen LogP contribution in [0.25, 0.3) is 11.0 Å². The Hall–Kier alpha value is -2.71. The Morgan fingerprint density at radius 1 is 1.17 bits per heavy atom. The summed E-state index contributed by atoms with van der Waals surface area (Å²) < 4.78 is 45.7. The largest absolute Gasteiger partial charge is 0.495 e. The predicted molar refractivity (Wildman–Crippen MR) is 111 cm³/mol. The second-order valence-electron chi connectivity index (χ2n) is 7.16. The zero-order valence-corrected chi connectivity index (χ0v) is 17.2. The van der Waals surface area contributed by atoms with Crippen LogP contribution in [0.15, 0.2) is 52.0 Å². The summed E-state index contributed by atoms with van der Waals surface area (Å²) >= 11 is 0. The first-order valence-electron chi connectivity index (χ1n) is 9.52. The SMILES string of the molecule is COc1ccc(C)cc1S(=O)(=O)Nc1cc(OC2CCCNC2)c2occc2c1. The van der Waals surface area contributed by atoms with Crippen molar-refractivity contribution in [1.82, 2.24) is 5.32 Å². The van der Waals surface area contributed by atoms with E-state index in [1.165, 1.54) is 7.11 Å². The molecule has 3 aromatic rings. The van der Waals surface area contributed by atoms with Crippen molar-refractivity contribution in [3.8, 4) is 11.5 Å². The van der Waals surface area contributed by atoms with Crippen molar-refractivity contribution in [2.45, 2.75) is 30.8 Å². The average molecular weight is 416 g/mol. The predicted octanol–water partition coefficient (Wildman–Crippen LogP) is 3.68. The Morgan fingerprint density at radius 2 is 2.03 bits per heavy atom. The van der Waals surface area contributed by atoms with Crippen LogP contribution in [0.4, 0.5) is 5.69 Å². The molecule has 2 heterocycles. The summed E-state index contributed by atoms with van der Waals surface area (Å²) in [7, 11) is -2.40. The third kappa shape index (κ3) is 4.18. The number of sulfonamides is 1. The van der Waals surface area contributed by atoms with Gasteiger partial charge in [0.25, 0.3) is 10.0 Å². The van der Waals surface area contributed by atoms with Crippen molar-refractivity contribution in [1.29, 1.82) is 0 Å². The first kappa shape index (κ1) is 19.6. The molecule has 154 valence electrons. The standard InChI is InChI=1S/C21H24N2O5S/c1-14-5-6-18(26-2)20(10-14)29(24,25)23-16-11-15-7-9-27-21(15)19(12-16)28-17-4-3-8-22-13-17/h5-7,9-12,17,22-23H,3-4,8,13H2,1-2H3. The highest BCUT2D eigenvalue weighted by molar-refractivity contribution is 7.92. The van der Waals surface area contributed by atoms with Crippen LogP contribution < -0.4 is 19.5 Å². The quantitative estimate of drug-likeness (QED) is 0.637. The van der Waals surface area contributed by atoms with E-state index in [2.05, 4.69) is 10.0 Å². The number of fused-ring (bicyclic) bond motifs is 1. The second kappa shape index (κ2) is 7.96. The number of hydrogen-bond donors (Lipinski definition) is 2. The lowest BCUT2D eigenvalue weighted by atomic mass is 10.1. The van der Waals surface area contributed by atoms with E-state index in [9.17, 15) is 8.42 Å². The lowest BCUT2D eigenvalue weighted by molar-refractivity contribution is 0.167. The van der Waals surface area contributed by atoms with Gasteiger partial charge in [-0.05, 0) is 56.1 Å². The molecule has 0 amide bonds. The van der Waals surface area contributed by atoms with Gasteiger partial charge in [-0.1, -0.05) is 6.07 Å². The van der Waals surface area contributed by atoms with Crippen LogP contribution in [-0.2, 0) is 10.0 Å². The third-order valence-corrected chi connectivity index (χ3v) is 6.33. The van der Waals surface area contributed by atoms with Gasteiger partial charge in [0.05, 0.1) is 19.1 Å². The number of nitrogens with one attached hydrogen (secondary N) is 2. The van der Waals surface area contributed by atoms with E-state index in [0.29, 0.717) is 17.0 Å². The molecule has 1 aliphatic heterocycles. The van der Waals surface area contributed by atoms with Crippen molar-refractivity contribution in [2.75, 3.05) is 24.9 Å². The summed E-state index contributed by atoms with van der Waals surface area (Å²) in [5, 5.41) is 4.07. The van der Waals surface area contributed by atoms with Gasteiger partial charge in [-0.15, -0.1) is 0 Å². The average Bonchev–Trinajstić information content (AvgIpc) is 3.17. The topological polar surface area (TPSA) is 89.8 Å².